The van der Waals surface area contributed by atoms with Crippen LogP contribution in [0.4, 0.5) is 15.2 Å². The van der Waals surface area contributed by atoms with Crippen LogP contribution < -0.4 is 10.0 Å². The van der Waals surface area contributed by atoms with Crippen LogP contribution in [0.2, 0.25) is 5.02 Å². The summed E-state index contributed by atoms with van der Waals surface area (Å²) in [6, 6.07) is 2.34. The molecule has 2 aliphatic heterocycles. The van der Waals surface area contributed by atoms with Crippen molar-refractivity contribution in [3.05, 3.63) is 34.5 Å². The largest absolute Gasteiger partial charge is 0.382 e. The third kappa shape index (κ3) is 3.52. The van der Waals surface area contributed by atoms with E-state index in [1.165, 1.54) is 37.9 Å². The Hall–Kier alpha value is -1.42. The van der Waals surface area contributed by atoms with Crippen molar-refractivity contribution in [3.8, 4) is 0 Å². The summed E-state index contributed by atoms with van der Waals surface area (Å²) in [5.74, 6) is -0.841. The molecule has 1 atom stereocenters. The molecule has 3 aliphatic rings. The summed E-state index contributed by atoms with van der Waals surface area (Å²) in [6.07, 6.45) is 7.57. The van der Waals surface area contributed by atoms with Gasteiger partial charge >= 0.3 is 0 Å². The average molecular weight is 457 g/mol. The van der Waals surface area contributed by atoms with Gasteiger partial charge in [-0.3, -0.25) is 9.62 Å². The van der Waals surface area contributed by atoms with E-state index in [9.17, 15) is 12.8 Å². The number of nitrogens with zero attached hydrogens (tertiary/aromatic N) is 2. The number of hydrogen-bond acceptors (Lipinski definition) is 6. The number of thiazole rings is 1. The van der Waals surface area contributed by atoms with Gasteiger partial charge in [0, 0.05) is 30.2 Å². The van der Waals surface area contributed by atoms with Crippen molar-refractivity contribution in [2.24, 2.45) is 5.41 Å². The van der Waals surface area contributed by atoms with E-state index in [4.69, 9.17) is 11.6 Å². The minimum Gasteiger partial charge on any atom is -0.382 e. The van der Waals surface area contributed by atoms with E-state index in [1.807, 2.05) is 0 Å². The third-order valence-electron chi connectivity index (χ3n) is 6.50. The van der Waals surface area contributed by atoms with Crippen LogP contribution in [0.15, 0.2) is 28.6 Å². The minimum absolute atomic E-state index is 0.105. The van der Waals surface area contributed by atoms with Crippen LogP contribution in [-0.2, 0) is 10.0 Å². The summed E-state index contributed by atoms with van der Waals surface area (Å²) >= 11 is 7.45. The number of hydrogen-bond donors (Lipinski definition) is 2. The van der Waals surface area contributed by atoms with Gasteiger partial charge in [-0.05, 0) is 56.2 Å². The highest BCUT2D eigenvalue weighted by molar-refractivity contribution is 7.93. The summed E-state index contributed by atoms with van der Waals surface area (Å²) in [4.78, 5) is 5.97. The number of nitrogens with one attached hydrogen (secondary N) is 2. The van der Waals surface area contributed by atoms with Crippen LogP contribution in [0.25, 0.3) is 0 Å². The second-order valence-corrected chi connectivity index (χ2v) is 11.4. The predicted octanol–water partition coefficient (Wildman–Crippen LogP) is 4.17. The fourth-order valence-corrected chi connectivity index (χ4v) is 7.12. The first kappa shape index (κ1) is 19.5. The van der Waals surface area contributed by atoms with E-state index in [0.29, 0.717) is 17.6 Å². The number of benzene rings is 1. The van der Waals surface area contributed by atoms with Crippen molar-refractivity contribution in [1.29, 1.82) is 0 Å². The van der Waals surface area contributed by atoms with E-state index in [1.54, 1.807) is 5.38 Å². The Balaban J connectivity index is 1.35. The summed E-state index contributed by atoms with van der Waals surface area (Å²) in [5, 5.41) is 5.31. The van der Waals surface area contributed by atoms with E-state index < -0.39 is 20.7 Å². The lowest BCUT2D eigenvalue weighted by molar-refractivity contribution is 0.209. The summed E-state index contributed by atoms with van der Waals surface area (Å²) < 4.78 is 42.0. The smallest absolute Gasteiger partial charge is 0.266 e. The lowest BCUT2D eigenvalue weighted by Crippen LogP contribution is -2.44. The molecule has 0 amide bonds. The van der Waals surface area contributed by atoms with E-state index in [0.717, 1.165) is 36.9 Å². The highest BCUT2D eigenvalue weighted by Gasteiger charge is 2.59. The van der Waals surface area contributed by atoms with Crippen molar-refractivity contribution in [1.82, 2.24) is 9.88 Å². The molecule has 5 rings (SSSR count). The molecule has 29 heavy (non-hydrogen) atoms. The Labute approximate surface area is 178 Å². The summed E-state index contributed by atoms with van der Waals surface area (Å²) in [6.45, 7) is 2.97. The van der Waals surface area contributed by atoms with Gasteiger partial charge in [-0.1, -0.05) is 11.6 Å². The lowest BCUT2D eigenvalue weighted by Gasteiger charge is -2.32. The highest BCUT2D eigenvalue weighted by atomic mass is 35.5. The highest BCUT2D eigenvalue weighted by Crippen LogP contribution is 2.60. The Morgan fingerprint density at radius 1 is 1.31 bits per heavy atom. The van der Waals surface area contributed by atoms with Crippen molar-refractivity contribution in [2.75, 3.05) is 29.7 Å². The van der Waals surface area contributed by atoms with Crippen molar-refractivity contribution < 1.29 is 12.8 Å². The molecule has 156 valence electrons. The maximum atomic E-state index is 14.7. The van der Waals surface area contributed by atoms with Gasteiger partial charge in [0.05, 0.1) is 10.7 Å². The zero-order valence-electron chi connectivity index (χ0n) is 15.7. The van der Waals surface area contributed by atoms with Crippen LogP contribution in [0.3, 0.4) is 0 Å². The molecule has 1 aliphatic carbocycles. The van der Waals surface area contributed by atoms with Crippen LogP contribution in [0.5, 0.6) is 0 Å². The molecular weight excluding hydrogens is 435 g/mol. The minimum atomic E-state index is -4.10. The van der Waals surface area contributed by atoms with Crippen molar-refractivity contribution in [3.63, 3.8) is 0 Å². The second kappa shape index (κ2) is 6.80. The fourth-order valence-electron chi connectivity index (χ4n) is 4.95. The molecule has 1 spiro atoms. The maximum absolute atomic E-state index is 14.7. The molecule has 0 bridgehead atoms. The molecule has 2 N–H and O–H groups in total. The number of sulfonamides is 1. The summed E-state index contributed by atoms with van der Waals surface area (Å²) in [5.41, 5.74) is 1.03. The maximum Gasteiger partial charge on any atom is 0.266 e. The molecular formula is C19H22ClFN4O2S2. The van der Waals surface area contributed by atoms with Gasteiger partial charge in [0.1, 0.15) is 10.7 Å². The molecule has 2 aromatic rings. The SMILES string of the molecule is O=S(=O)(Nc1nccs1)c1cc(Cl)c(NCC23CCCN2CC2(CC2)C3)cc1F. The van der Waals surface area contributed by atoms with Gasteiger partial charge in [-0.25, -0.2) is 17.8 Å². The summed E-state index contributed by atoms with van der Waals surface area (Å²) in [7, 11) is -4.10. The first-order valence-corrected chi connectivity index (χ1v) is 12.5. The van der Waals surface area contributed by atoms with Gasteiger partial charge < -0.3 is 5.32 Å². The number of rotatable bonds is 6. The monoisotopic (exact) mass is 456 g/mol. The van der Waals surface area contributed by atoms with Gasteiger partial charge in [-0.2, -0.15) is 0 Å². The third-order valence-corrected chi connectivity index (χ3v) is 8.99. The van der Waals surface area contributed by atoms with E-state index >= 15 is 0 Å². The number of aromatic nitrogens is 1. The topological polar surface area (TPSA) is 74.3 Å². The molecule has 1 unspecified atom stereocenters. The van der Waals surface area contributed by atoms with Crippen LogP contribution in [0, 0.1) is 11.2 Å². The standard InChI is InChI=1S/C19H22ClFN4O2S2/c20-13-8-16(29(26,27)24-17-22-5-7-28-17)14(21)9-15(13)23-11-19-2-1-6-25(19)12-18(10-19)3-4-18/h5,7-9,23H,1-4,6,10-12H2,(H,22,24). The Morgan fingerprint density at radius 2 is 2.14 bits per heavy atom. The molecule has 1 aromatic heterocycles. The lowest BCUT2D eigenvalue weighted by atomic mass is 9.88. The van der Waals surface area contributed by atoms with Crippen molar-refractivity contribution >= 4 is 43.8 Å². The first-order chi connectivity index (χ1) is 13.8. The van der Waals surface area contributed by atoms with Crippen LogP contribution in [0.1, 0.15) is 32.1 Å². The van der Waals surface area contributed by atoms with Gasteiger partial charge in [-0.15, -0.1) is 11.3 Å². The number of fused-ring (bicyclic) bond motifs is 1. The molecule has 6 nitrogen and oxygen atoms in total. The Morgan fingerprint density at radius 3 is 2.86 bits per heavy atom. The number of halogens is 2. The number of anilines is 2. The normalized spacial score (nSPS) is 25.3. The fraction of sp³-hybridized carbons (Fsp3) is 0.526. The Kier molecular flexibility index (Phi) is 4.58. The molecule has 3 heterocycles. The molecule has 3 fully saturated rings. The predicted molar refractivity (Wildman–Crippen MR) is 113 cm³/mol. The average Bonchev–Trinajstić information content (AvgIpc) is 2.96. The molecule has 1 saturated carbocycles. The zero-order chi connectivity index (χ0) is 20.3. The quantitative estimate of drug-likeness (QED) is 0.682. The first-order valence-electron chi connectivity index (χ1n) is 9.71. The molecule has 0 radical (unpaired) electrons. The Bertz CT molecular complexity index is 1040. The zero-order valence-corrected chi connectivity index (χ0v) is 18.1. The van der Waals surface area contributed by atoms with Crippen LogP contribution >= 0.6 is 22.9 Å². The van der Waals surface area contributed by atoms with Gasteiger partial charge in [0.15, 0.2) is 5.13 Å². The van der Waals surface area contributed by atoms with Gasteiger partial charge in [0.2, 0.25) is 0 Å². The van der Waals surface area contributed by atoms with E-state index in [-0.39, 0.29) is 15.7 Å². The van der Waals surface area contributed by atoms with Crippen molar-refractivity contribution in [2.45, 2.75) is 42.5 Å². The second-order valence-electron chi connectivity index (χ2n) is 8.49. The van der Waals surface area contributed by atoms with E-state index in [2.05, 4.69) is 19.9 Å². The molecule has 1 aromatic carbocycles. The molecule has 10 heteroatoms. The van der Waals surface area contributed by atoms with Crippen LogP contribution in [-0.4, -0.2) is 43.5 Å². The van der Waals surface area contributed by atoms with Gasteiger partial charge in [0.25, 0.3) is 10.0 Å². The molecule has 2 saturated heterocycles.